The molecule has 0 amide bonds. The zero-order valence-electron chi connectivity index (χ0n) is 12.6. The van der Waals surface area contributed by atoms with Crippen LogP contribution in [-0.4, -0.2) is 40.5 Å². The number of aromatic nitrogens is 2. The van der Waals surface area contributed by atoms with E-state index in [1.165, 1.54) is 5.56 Å². The summed E-state index contributed by atoms with van der Waals surface area (Å²) >= 11 is 0. The summed E-state index contributed by atoms with van der Waals surface area (Å²) < 4.78 is 2.10. The molecule has 0 bridgehead atoms. The fraction of sp³-hybridized carbons (Fsp3) is 0.278. The summed E-state index contributed by atoms with van der Waals surface area (Å²) in [4.78, 5) is 7.26. The second kappa shape index (κ2) is 5.91. The number of hydrogen-bond acceptors (Lipinski definition) is 3. The van der Waals surface area contributed by atoms with Crippen molar-refractivity contribution in [3.63, 3.8) is 0 Å². The van der Waals surface area contributed by atoms with Crippen LogP contribution in [0.3, 0.4) is 0 Å². The molecule has 0 spiro atoms. The molecule has 1 N–H and O–H groups in total. The number of fused-ring (bicyclic) bond motifs is 1. The molecule has 3 heterocycles. The first kappa shape index (κ1) is 13.5. The first-order chi connectivity index (χ1) is 10.9. The molecule has 1 saturated heterocycles. The summed E-state index contributed by atoms with van der Waals surface area (Å²) in [5.74, 6) is 0. The SMILES string of the molecule is c1ccc(-c2cn3ccc(CN4CCNCC4)cc3n2)cc1. The van der Waals surface area contributed by atoms with Gasteiger partial charge in [-0.15, -0.1) is 0 Å². The third-order valence-corrected chi connectivity index (χ3v) is 4.21. The van der Waals surface area contributed by atoms with Crippen LogP contribution < -0.4 is 5.32 Å². The van der Waals surface area contributed by atoms with Crippen molar-refractivity contribution in [1.82, 2.24) is 19.6 Å². The molecule has 1 fully saturated rings. The lowest BCUT2D eigenvalue weighted by Crippen LogP contribution is -2.42. The number of piperazine rings is 1. The Balaban J connectivity index is 1.60. The Bertz CT molecular complexity index is 757. The standard InChI is InChI=1S/C18H20N4/c1-2-4-16(5-3-1)17-14-22-9-6-15(12-18(22)20-17)13-21-10-7-19-8-11-21/h1-6,9,12,14,19H,7-8,10-11,13H2. The summed E-state index contributed by atoms with van der Waals surface area (Å²) in [5.41, 5.74) is 4.54. The smallest absolute Gasteiger partial charge is 0.137 e. The molecule has 22 heavy (non-hydrogen) atoms. The van der Waals surface area contributed by atoms with Crippen molar-refractivity contribution < 1.29 is 0 Å². The van der Waals surface area contributed by atoms with E-state index in [1.54, 1.807) is 0 Å². The van der Waals surface area contributed by atoms with Gasteiger partial charge in [-0.2, -0.15) is 0 Å². The number of nitrogens with one attached hydrogen (secondary N) is 1. The second-order valence-electron chi connectivity index (χ2n) is 5.82. The minimum atomic E-state index is 1.01. The zero-order valence-corrected chi connectivity index (χ0v) is 12.6. The Morgan fingerprint density at radius 1 is 1.05 bits per heavy atom. The Morgan fingerprint density at radius 2 is 1.86 bits per heavy atom. The Kier molecular flexibility index (Phi) is 3.62. The first-order valence-corrected chi connectivity index (χ1v) is 7.85. The molecule has 4 heteroatoms. The molecular formula is C18H20N4. The maximum absolute atomic E-state index is 4.77. The fourth-order valence-corrected chi connectivity index (χ4v) is 3.00. The molecule has 1 aliphatic heterocycles. The van der Waals surface area contributed by atoms with E-state index in [2.05, 4.69) is 63.4 Å². The Morgan fingerprint density at radius 3 is 2.68 bits per heavy atom. The lowest BCUT2D eigenvalue weighted by Gasteiger charge is -2.27. The summed E-state index contributed by atoms with van der Waals surface area (Å²) in [7, 11) is 0. The molecule has 0 saturated carbocycles. The average Bonchev–Trinajstić information content (AvgIpc) is 3.00. The van der Waals surface area contributed by atoms with Crippen LogP contribution >= 0.6 is 0 Å². The first-order valence-electron chi connectivity index (χ1n) is 7.85. The zero-order chi connectivity index (χ0) is 14.8. The number of nitrogens with zero attached hydrogens (tertiary/aromatic N) is 3. The Labute approximate surface area is 130 Å². The van der Waals surface area contributed by atoms with Gasteiger partial charge in [0, 0.05) is 50.7 Å². The highest BCUT2D eigenvalue weighted by atomic mass is 15.2. The van der Waals surface area contributed by atoms with Crippen molar-refractivity contribution in [2.24, 2.45) is 0 Å². The van der Waals surface area contributed by atoms with E-state index in [4.69, 9.17) is 4.98 Å². The van der Waals surface area contributed by atoms with E-state index in [9.17, 15) is 0 Å². The number of benzene rings is 1. The highest BCUT2D eigenvalue weighted by Gasteiger charge is 2.11. The molecule has 0 aliphatic carbocycles. The molecule has 3 aromatic rings. The largest absolute Gasteiger partial charge is 0.314 e. The molecule has 0 unspecified atom stereocenters. The van der Waals surface area contributed by atoms with Crippen molar-refractivity contribution in [2.75, 3.05) is 26.2 Å². The number of hydrogen-bond donors (Lipinski definition) is 1. The lowest BCUT2D eigenvalue weighted by atomic mass is 10.2. The summed E-state index contributed by atoms with van der Waals surface area (Å²) in [6.45, 7) is 5.42. The monoisotopic (exact) mass is 292 g/mol. The van der Waals surface area contributed by atoms with Crippen LogP contribution in [0.5, 0.6) is 0 Å². The summed E-state index contributed by atoms with van der Waals surface area (Å²) in [6, 6.07) is 14.7. The summed E-state index contributed by atoms with van der Waals surface area (Å²) in [5, 5.41) is 3.39. The van der Waals surface area contributed by atoms with Crippen molar-refractivity contribution in [3.05, 3.63) is 60.4 Å². The predicted molar refractivity (Wildman–Crippen MR) is 88.8 cm³/mol. The highest BCUT2D eigenvalue weighted by molar-refractivity contribution is 5.62. The molecule has 2 aromatic heterocycles. The molecule has 4 nitrogen and oxygen atoms in total. The van der Waals surface area contributed by atoms with Crippen molar-refractivity contribution >= 4 is 5.65 Å². The van der Waals surface area contributed by atoms with Gasteiger partial charge in [-0.3, -0.25) is 4.90 Å². The minimum absolute atomic E-state index is 1.01. The molecule has 1 aliphatic rings. The maximum atomic E-state index is 4.77. The van der Waals surface area contributed by atoms with E-state index < -0.39 is 0 Å². The van der Waals surface area contributed by atoms with Crippen LogP contribution in [0.4, 0.5) is 0 Å². The number of pyridine rings is 1. The van der Waals surface area contributed by atoms with Gasteiger partial charge in [0.05, 0.1) is 5.69 Å². The van der Waals surface area contributed by atoms with Gasteiger partial charge in [-0.25, -0.2) is 4.98 Å². The Hall–Kier alpha value is -2.17. The lowest BCUT2D eigenvalue weighted by molar-refractivity contribution is 0.233. The highest BCUT2D eigenvalue weighted by Crippen LogP contribution is 2.19. The van der Waals surface area contributed by atoms with Crippen LogP contribution in [0.2, 0.25) is 0 Å². The van der Waals surface area contributed by atoms with E-state index in [-0.39, 0.29) is 0 Å². The molecule has 0 atom stereocenters. The van der Waals surface area contributed by atoms with E-state index in [0.29, 0.717) is 0 Å². The van der Waals surface area contributed by atoms with Crippen LogP contribution in [0.15, 0.2) is 54.9 Å². The van der Waals surface area contributed by atoms with Crippen LogP contribution in [0.1, 0.15) is 5.56 Å². The van der Waals surface area contributed by atoms with Crippen molar-refractivity contribution in [2.45, 2.75) is 6.54 Å². The molecule has 112 valence electrons. The van der Waals surface area contributed by atoms with Gasteiger partial charge in [0.25, 0.3) is 0 Å². The fourth-order valence-electron chi connectivity index (χ4n) is 3.00. The molecule has 0 radical (unpaired) electrons. The normalized spacial score (nSPS) is 16.2. The van der Waals surface area contributed by atoms with Crippen LogP contribution in [0.25, 0.3) is 16.9 Å². The van der Waals surface area contributed by atoms with Crippen LogP contribution in [0, 0.1) is 0 Å². The third-order valence-electron chi connectivity index (χ3n) is 4.21. The van der Waals surface area contributed by atoms with Crippen molar-refractivity contribution in [3.8, 4) is 11.3 Å². The second-order valence-corrected chi connectivity index (χ2v) is 5.82. The van der Waals surface area contributed by atoms with Crippen LogP contribution in [-0.2, 0) is 6.54 Å². The molecule has 4 rings (SSSR count). The van der Waals surface area contributed by atoms with Gasteiger partial charge >= 0.3 is 0 Å². The van der Waals surface area contributed by atoms with Crippen molar-refractivity contribution in [1.29, 1.82) is 0 Å². The van der Waals surface area contributed by atoms with E-state index in [1.807, 2.05) is 6.07 Å². The third kappa shape index (κ3) is 2.75. The maximum Gasteiger partial charge on any atom is 0.137 e. The van der Waals surface area contributed by atoms with Gasteiger partial charge in [-0.1, -0.05) is 30.3 Å². The quantitative estimate of drug-likeness (QED) is 0.804. The van der Waals surface area contributed by atoms with Gasteiger partial charge in [-0.05, 0) is 17.7 Å². The minimum Gasteiger partial charge on any atom is -0.314 e. The average molecular weight is 292 g/mol. The van der Waals surface area contributed by atoms with E-state index >= 15 is 0 Å². The van der Waals surface area contributed by atoms with Gasteiger partial charge < -0.3 is 9.72 Å². The molecule has 1 aromatic carbocycles. The number of rotatable bonds is 3. The van der Waals surface area contributed by atoms with E-state index in [0.717, 1.165) is 49.6 Å². The van der Waals surface area contributed by atoms with Gasteiger partial charge in [0.15, 0.2) is 0 Å². The summed E-state index contributed by atoms with van der Waals surface area (Å²) in [6.07, 6.45) is 4.21. The van der Waals surface area contributed by atoms with Gasteiger partial charge in [0.1, 0.15) is 5.65 Å². The molecular weight excluding hydrogens is 272 g/mol. The van der Waals surface area contributed by atoms with Gasteiger partial charge in [0.2, 0.25) is 0 Å². The predicted octanol–water partition coefficient (Wildman–Crippen LogP) is 2.41. The number of imidazole rings is 1. The topological polar surface area (TPSA) is 32.6 Å².